The van der Waals surface area contributed by atoms with Crippen molar-refractivity contribution >= 4 is 10.0 Å². The van der Waals surface area contributed by atoms with Crippen LogP contribution in [-0.2, 0) is 16.4 Å². The molecule has 0 bridgehead atoms. The van der Waals surface area contributed by atoms with E-state index < -0.39 is 10.0 Å². The minimum absolute atomic E-state index is 0.197. The van der Waals surface area contributed by atoms with E-state index in [4.69, 9.17) is 4.42 Å². The zero-order chi connectivity index (χ0) is 16.4. The van der Waals surface area contributed by atoms with Gasteiger partial charge in [-0.25, -0.2) is 13.1 Å². The highest BCUT2D eigenvalue weighted by Crippen LogP contribution is 2.31. The molecule has 0 spiro atoms. The van der Waals surface area contributed by atoms with Crippen molar-refractivity contribution in [3.05, 3.63) is 53.5 Å². The highest BCUT2D eigenvalue weighted by atomic mass is 32.2. The molecule has 2 atom stereocenters. The SMILES string of the molecule is CCC(C)c1ccc(S(=O)(=O)NC2CCCc3occc32)cc1. The predicted molar refractivity (Wildman–Crippen MR) is 89.9 cm³/mol. The molecule has 1 aliphatic rings. The Bertz CT molecular complexity index is 762. The van der Waals surface area contributed by atoms with Crippen LogP contribution in [0.5, 0.6) is 0 Å². The first-order valence-corrected chi connectivity index (χ1v) is 9.68. The number of hydrogen-bond acceptors (Lipinski definition) is 3. The Hall–Kier alpha value is -1.59. The summed E-state index contributed by atoms with van der Waals surface area (Å²) >= 11 is 0. The van der Waals surface area contributed by atoms with E-state index in [0.29, 0.717) is 10.8 Å². The van der Waals surface area contributed by atoms with Gasteiger partial charge in [0.15, 0.2) is 0 Å². The summed E-state index contributed by atoms with van der Waals surface area (Å²) in [6.07, 6.45) is 5.29. The molecule has 1 aromatic carbocycles. The molecule has 1 heterocycles. The third kappa shape index (κ3) is 3.35. The van der Waals surface area contributed by atoms with Gasteiger partial charge in [0.05, 0.1) is 17.2 Å². The van der Waals surface area contributed by atoms with Crippen molar-refractivity contribution in [2.24, 2.45) is 0 Å². The smallest absolute Gasteiger partial charge is 0.241 e. The molecule has 3 rings (SSSR count). The Morgan fingerprint density at radius 2 is 2.00 bits per heavy atom. The first-order chi connectivity index (χ1) is 11.0. The van der Waals surface area contributed by atoms with Crippen molar-refractivity contribution < 1.29 is 12.8 Å². The summed E-state index contributed by atoms with van der Waals surface area (Å²) in [7, 11) is -3.52. The van der Waals surface area contributed by atoms with E-state index in [2.05, 4.69) is 18.6 Å². The van der Waals surface area contributed by atoms with Crippen LogP contribution in [0.4, 0.5) is 0 Å². The number of aryl methyl sites for hydroxylation is 1. The number of nitrogens with one attached hydrogen (secondary N) is 1. The molecule has 1 aliphatic carbocycles. The van der Waals surface area contributed by atoms with E-state index in [1.54, 1.807) is 18.4 Å². The highest BCUT2D eigenvalue weighted by Gasteiger charge is 2.27. The summed E-state index contributed by atoms with van der Waals surface area (Å²) in [4.78, 5) is 0.320. The summed E-state index contributed by atoms with van der Waals surface area (Å²) in [6, 6.07) is 8.89. The van der Waals surface area contributed by atoms with Crippen molar-refractivity contribution in [3.63, 3.8) is 0 Å². The van der Waals surface area contributed by atoms with Gasteiger partial charge < -0.3 is 4.42 Å². The fraction of sp³-hybridized carbons (Fsp3) is 0.444. The van der Waals surface area contributed by atoms with Crippen LogP contribution >= 0.6 is 0 Å². The van der Waals surface area contributed by atoms with Gasteiger partial charge in [0.25, 0.3) is 0 Å². The van der Waals surface area contributed by atoms with E-state index in [1.165, 1.54) is 5.56 Å². The van der Waals surface area contributed by atoms with Gasteiger partial charge in [-0.1, -0.05) is 26.0 Å². The minimum Gasteiger partial charge on any atom is -0.469 e. The molecule has 5 heteroatoms. The van der Waals surface area contributed by atoms with Crippen molar-refractivity contribution in [2.45, 2.75) is 56.4 Å². The van der Waals surface area contributed by atoms with Crippen LogP contribution in [0.3, 0.4) is 0 Å². The summed E-state index contributed by atoms with van der Waals surface area (Å²) in [6.45, 7) is 4.27. The third-order valence-corrected chi connectivity index (χ3v) is 6.21. The van der Waals surface area contributed by atoms with Crippen LogP contribution < -0.4 is 4.72 Å². The highest BCUT2D eigenvalue weighted by molar-refractivity contribution is 7.89. The van der Waals surface area contributed by atoms with Gasteiger partial charge in [0.1, 0.15) is 5.76 Å². The molecule has 23 heavy (non-hydrogen) atoms. The molecule has 0 aliphatic heterocycles. The molecule has 0 saturated heterocycles. The fourth-order valence-corrected chi connectivity index (χ4v) is 4.33. The summed E-state index contributed by atoms with van der Waals surface area (Å²) < 4.78 is 33.5. The quantitative estimate of drug-likeness (QED) is 0.894. The average Bonchev–Trinajstić information content (AvgIpc) is 3.04. The van der Waals surface area contributed by atoms with Crippen molar-refractivity contribution in [1.82, 2.24) is 4.72 Å². The number of benzene rings is 1. The van der Waals surface area contributed by atoms with Gasteiger partial charge >= 0.3 is 0 Å². The molecular formula is C18H23NO3S. The van der Waals surface area contributed by atoms with E-state index in [0.717, 1.165) is 37.0 Å². The zero-order valence-corrected chi connectivity index (χ0v) is 14.4. The molecular weight excluding hydrogens is 310 g/mol. The van der Waals surface area contributed by atoms with Crippen LogP contribution in [0.25, 0.3) is 0 Å². The topological polar surface area (TPSA) is 59.3 Å². The van der Waals surface area contributed by atoms with Crippen LogP contribution in [0, 0.1) is 0 Å². The summed E-state index contributed by atoms with van der Waals surface area (Å²) in [5, 5.41) is 0. The standard InChI is InChI=1S/C18H23NO3S/c1-3-13(2)14-7-9-15(10-8-14)23(20,21)19-17-5-4-6-18-16(17)11-12-22-18/h7-13,17,19H,3-6H2,1-2H3. The maximum absolute atomic E-state index is 12.6. The maximum Gasteiger partial charge on any atom is 0.241 e. The minimum atomic E-state index is -3.52. The number of rotatable bonds is 5. The van der Waals surface area contributed by atoms with E-state index >= 15 is 0 Å². The molecule has 124 valence electrons. The van der Waals surface area contributed by atoms with Crippen LogP contribution in [0.2, 0.25) is 0 Å². The van der Waals surface area contributed by atoms with E-state index in [1.807, 2.05) is 18.2 Å². The second-order valence-corrected chi connectivity index (χ2v) is 7.96. The number of fused-ring (bicyclic) bond motifs is 1. The van der Waals surface area contributed by atoms with Crippen molar-refractivity contribution in [1.29, 1.82) is 0 Å². The lowest BCUT2D eigenvalue weighted by molar-refractivity contribution is 0.438. The van der Waals surface area contributed by atoms with E-state index in [9.17, 15) is 8.42 Å². The molecule has 0 saturated carbocycles. The molecule has 2 unspecified atom stereocenters. The molecule has 0 fully saturated rings. The lowest BCUT2D eigenvalue weighted by Gasteiger charge is -2.22. The Labute approximate surface area is 138 Å². The van der Waals surface area contributed by atoms with E-state index in [-0.39, 0.29) is 6.04 Å². The Balaban J connectivity index is 1.80. The molecule has 0 amide bonds. The zero-order valence-electron chi connectivity index (χ0n) is 13.6. The maximum atomic E-state index is 12.6. The van der Waals surface area contributed by atoms with Crippen LogP contribution in [-0.4, -0.2) is 8.42 Å². The molecule has 1 aromatic heterocycles. The van der Waals surface area contributed by atoms with Gasteiger partial charge in [-0.3, -0.25) is 0 Å². The van der Waals surface area contributed by atoms with Crippen LogP contribution in [0.15, 0.2) is 45.9 Å². The summed E-state index contributed by atoms with van der Waals surface area (Å²) in [5.41, 5.74) is 2.14. The number of furan rings is 1. The Morgan fingerprint density at radius 1 is 1.26 bits per heavy atom. The monoisotopic (exact) mass is 333 g/mol. The van der Waals surface area contributed by atoms with Gasteiger partial charge in [-0.15, -0.1) is 0 Å². The normalized spacial score (nSPS) is 19.3. The molecule has 4 nitrogen and oxygen atoms in total. The number of hydrogen-bond donors (Lipinski definition) is 1. The number of sulfonamides is 1. The first-order valence-electron chi connectivity index (χ1n) is 8.20. The first kappa shape index (κ1) is 16.3. The van der Waals surface area contributed by atoms with Crippen molar-refractivity contribution in [2.75, 3.05) is 0 Å². The largest absolute Gasteiger partial charge is 0.469 e. The molecule has 2 aromatic rings. The van der Waals surface area contributed by atoms with Crippen LogP contribution in [0.1, 0.15) is 62.0 Å². The van der Waals surface area contributed by atoms with Gasteiger partial charge in [0, 0.05) is 12.0 Å². The third-order valence-electron chi connectivity index (χ3n) is 4.72. The second-order valence-electron chi connectivity index (χ2n) is 6.24. The Kier molecular flexibility index (Phi) is 4.60. The Morgan fingerprint density at radius 3 is 2.70 bits per heavy atom. The summed E-state index contributed by atoms with van der Waals surface area (Å²) in [5.74, 6) is 1.34. The van der Waals surface area contributed by atoms with Gasteiger partial charge in [-0.05, 0) is 48.9 Å². The molecule has 1 N–H and O–H groups in total. The van der Waals surface area contributed by atoms with Gasteiger partial charge in [-0.2, -0.15) is 0 Å². The van der Waals surface area contributed by atoms with Crippen molar-refractivity contribution in [3.8, 4) is 0 Å². The fourth-order valence-electron chi connectivity index (χ4n) is 3.08. The second kappa shape index (κ2) is 6.49. The predicted octanol–water partition coefficient (Wildman–Crippen LogP) is 4.15. The van der Waals surface area contributed by atoms with Gasteiger partial charge in [0.2, 0.25) is 10.0 Å². The lowest BCUT2D eigenvalue weighted by Crippen LogP contribution is -2.30. The molecule has 0 radical (unpaired) electrons. The average molecular weight is 333 g/mol. The lowest BCUT2D eigenvalue weighted by atomic mass is 9.94.